The molecule has 1 aromatic heterocycles. The number of aromatic nitrogens is 2. The van der Waals surface area contributed by atoms with Crippen molar-refractivity contribution in [2.45, 2.75) is 18.6 Å². The van der Waals surface area contributed by atoms with Gasteiger partial charge in [-0.15, -0.1) is 0 Å². The molecular weight excluding hydrogens is 326 g/mol. The Morgan fingerprint density at radius 1 is 1.50 bits per heavy atom. The molecule has 7 heteroatoms. The molecule has 1 saturated heterocycles. The first-order chi connectivity index (χ1) is 9.67. The summed E-state index contributed by atoms with van der Waals surface area (Å²) in [5, 5.41) is 16.6. The van der Waals surface area contributed by atoms with Gasteiger partial charge < -0.3 is 19.7 Å². The Morgan fingerprint density at radius 2 is 2.35 bits per heavy atom. The van der Waals surface area contributed by atoms with E-state index in [2.05, 4.69) is 31.4 Å². The number of hydrogen-bond donors (Lipinski definition) is 2. The Kier molecular flexibility index (Phi) is 3.73. The number of nitrogens with one attached hydrogen (secondary N) is 1. The molecule has 2 atom stereocenters. The molecule has 0 spiro atoms. The molecule has 2 heterocycles. The molecule has 0 unspecified atom stereocenters. The van der Waals surface area contributed by atoms with Gasteiger partial charge in [-0.1, -0.05) is 5.16 Å². The maximum Gasteiger partial charge on any atom is 0.244 e. The molecular formula is C13H14BrN3O3. The van der Waals surface area contributed by atoms with E-state index in [-0.39, 0.29) is 12.1 Å². The van der Waals surface area contributed by atoms with Crippen LogP contribution in [0.4, 0.5) is 0 Å². The highest BCUT2D eigenvalue weighted by Gasteiger charge is 2.28. The summed E-state index contributed by atoms with van der Waals surface area (Å²) in [5.41, 5.74) is 0.839. The summed E-state index contributed by atoms with van der Waals surface area (Å²) in [6.07, 6.45) is 0.235. The number of hydrogen-bond acceptors (Lipinski definition) is 6. The number of rotatable bonds is 3. The zero-order valence-corrected chi connectivity index (χ0v) is 12.4. The minimum atomic E-state index is -0.356. The predicted molar refractivity (Wildman–Crippen MR) is 75.4 cm³/mol. The summed E-state index contributed by atoms with van der Waals surface area (Å²) in [5.74, 6) is 1.77. The van der Waals surface area contributed by atoms with Crippen molar-refractivity contribution >= 4 is 15.9 Å². The number of β-amino-alcohol motifs (C(OH)–C–C–N with tert-alkyl or cyclic N) is 1. The van der Waals surface area contributed by atoms with Crippen molar-refractivity contribution < 1.29 is 14.4 Å². The third-order valence-corrected chi connectivity index (χ3v) is 3.88. The van der Waals surface area contributed by atoms with Crippen molar-refractivity contribution in [3.05, 3.63) is 28.6 Å². The molecule has 20 heavy (non-hydrogen) atoms. The molecule has 2 N–H and O–H groups in total. The van der Waals surface area contributed by atoms with Crippen LogP contribution in [0, 0.1) is 0 Å². The zero-order chi connectivity index (χ0) is 14.1. The van der Waals surface area contributed by atoms with Gasteiger partial charge in [0, 0.05) is 12.1 Å². The second kappa shape index (κ2) is 5.51. The zero-order valence-electron chi connectivity index (χ0n) is 10.8. The largest absolute Gasteiger partial charge is 0.496 e. The van der Waals surface area contributed by atoms with Crippen LogP contribution in [-0.2, 0) is 0 Å². The van der Waals surface area contributed by atoms with Crippen LogP contribution >= 0.6 is 15.9 Å². The Hall–Kier alpha value is -1.44. The highest BCUT2D eigenvalue weighted by atomic mass is 79.9. The molecule has 106 valence electrons. The molecule has 0 aliphatic carbocycles. The van der Waals surface area contributed by atoms with Crippen molar-refractivity contribution in [3.63, 3.8) is 0 Å². The third-order valence-electron chi connectivity index (χ3n) is 3.26. The van der Waals surface area contributed by atoms with Gasteiger partial charge in [0.2, 0.25) is 11.7 Å². The molecule has 1 aliphatic rings. The number of ether oxygens (including phenoxy) is 1. The molecule has 0 amide bonds. The number of benzene rings is 1. The van der Waals surface area contributed by atoms with Gasteiger partial charge in [0.15, 0.2) is 0 Å². The maximum absolute atomic E-state index is 9.51. The monoisotopic (exact) mass is 339 g/mol. The fourth-order valence-electron chi connectivity index (χ4n) is 2.20. The normalized spacial score (nSPS) is 22.1. The van der Waals surface area contributed by atoms with Crippen LogP contribution in [0.15, 0.2) is 27.2 Å². The topological polar surface area (TPSA) is 80.4 Å². The summed E-state index contributed by atoms with van der Waals surface area (Å²) < 4.78 is 11.3. The van der Waals surface area contributed by atoms with Crippen LogP contribution in [0.25, 0.3) is 11.4 Å². The molecule has 6 nitrogen and oxygen atoms in total. The van der Waals surface area contributed by atoms with Gasteiger partial charge in [-0.25, -0.2) is 0 Å². The van der Waals surface area contributed by atoms with Crippen LogP contribution < -0.4 is 10.1 Å². The van der Waals surface area contributed by atoms with Crippen molar-refractivity contribution in [3.8, 4) is 17.1 Å². The van der Waals surface area contributed by atoms with Crippen LogP contribution in [0.3, 0.4) is 0 Å². The highest BCUT2D eigenvalue weighted by molar-refractivity contribution is 9.10. The predicted octanol–water partition coefficient (Wildman–Crippen LogP) is 1.90. The van der Waals surface area contributed by atoms with Gasteiger partial charge in [-0.2, -0.15) is 4.98 Å². The molecule has 1 fully saturated rings. The number of halogens is 1. The van der Waals surface area contributed by atoms with Crippen LogP contribution in [0.2, 0.25) is 0 Å². The first-order valence-corrected chi connectivity index (χ1v) is 7.05. The summed E-state index contributed by atoms with van der Waals surface area (Å²) >= 11 is 3.43. The first kappa shape index (κ1) is 13.5. The molecule has 0 radical (unpaired) electrons. The van der Waals surface area contributed by atoms with Crippen LogP contribution in [0.5, 0.6) is 5.75 Å². The molecule has 2 aromatic rings. The second-order valence-electron chi connectivity index (χ2n) is 4.66. The average molecular weight is 340 g/mol. The van der Waals surface area contributed by atoms with E-state index in [1.165, 1.54) is 0 Å². The van der Waals surface area contributed by atoms with E-state index >= 15 is 0 Å². The van der Waals surface area contributed by atoms with Crippen molar-refractivity contribution in [1.29, 1.82) is 0 Å². The second-order valence-corrected chi connectivity index (χ2v) is 5.51. The van der Waals surface area contributed by atoms with Gasteiger partial charge in [0.1, 0.15) is 5.75 Å². The van der Waals surface area contributed by atoms with Gasteiger partial charge in [-0.3, -0.25) is 0 Å². The fraction of sp³-hybridized carbons (Fsp3) is 0.385. The van der Waals surface area contributed by atoms with E-state index in [0.29, 0.717) is 24.7 Å². The lowest BCUT2D eigenvalue weighted by molar-refractivity contribution is 0.191. The lowest BCUT2D eigenvalue weighted by Crippen LogP contribution is -2.15. The first-order valence-electron chi connectivity index (χ1n) is 6.26. The number of aliphatic hydroxyl groups excluding tert-OH is 1. The van der Waals surface area contributed by atoms with Crippen molar-refractivity contribution in [2.24, 2.45) is 0 Å². The summed E-state index contributed by atoms with van der Waals surface area (Å²) in [7, 11) is 1.61. The minimum absolute atomic E-state index is 0.0760. The van der Waals surface area contributed by atoms with Gasteiger partial charge in [0.25, 0.3) is 0 Å². The van der Waals surface area contributed by atoms with E-state index in [9.17, 15) is 5.11 Å². The number of nitrogens with zero attached hydrogens (tertiary/aromatic N) is 2. The fourth-order valence-corrected chi connectivity index (χ4v) is 2.75. The SMILES string of the molecule is COc1ccc(-c2noc([C@@H]3C[C@H](O)CN3)n2)cc1Br. The Bertz CT molecular complexity index is 617. The number of methoxy groups -OCH3 is 1. The van der Waals surface area contributed by atoms with Gasteiger partial charge in [-0.05, 0) is 40.5 Å². The summed E-state index contributed by atoms with van der Waals surface area (Å²) in [6.45, 7) is 0.552. The van der Waals surface area contributed by atoms with E-state index < -0.39 is 0 Å². The molecule has 1 aromatic carbocycles. The third kappa shape index (κ3) is 2.56. The summed E-state index contributed by atoms with van der Waals surface area (Å²) in [4.78, 5) is 4.38. The molecule has 3 rings (SSSR count). The quantitative estimate of drug-likeness (QED) is 0.888. The van der Waals surface area contributed by atoms with E-state index in [1.54, 1.807) is 7.11 Å². The Morgan fingerprint density at radius 3 is 3.00 bits per heavy atom. The minimum Gasteiger partial charge on any atom is -0.496 e. The lowest BCUT2D eigenvalue weighted by atomic mass is 10.2. The Balaban J connectivity index is 1.84. The number of aliphatic hydroxyl groups is 1. The standard InChI is InChI=1S/C13H14BrN3O3/c1-19-11-3-2-7(4-9(11)14)12-16-13(20-17-12)10-5-8(18)6-15-10/h2-4,8,10,15,18H,5-6H2,1H3/t8-,10-/m0/s1. The van der Waals surface area contributed by atoms with Crippen LogP contribution in [0.1, 0.15) is 18.4 Å². The van der Waals surface area contributed by atoms with Crippen molar-refractivity contribution in [2.75, 3.05) is 13.7 Å². The van der Waals surface area contributed by atoms with E-state index in [4.69, 9.17) is 9.26 Å². The Labute approximate surface area is 124 Å². The molecule has 0 bridgehead atoms. The van der Waals surface area contributed by atoms with Gasteiger partial charge in [0.05, 0.1) is 23.7 Å². The maximum atomic E-state index is 9.51. The van der Waals surface area contributed by atoms with Gasteiger partial charge >= 0.3 is 0 Å². The molecule has 1 aliphatic heterocycles. The molecule has 0 saturated carbocycles. The van der Waals surface area contributed by atoms with E-state index in [1.807, 2.05) is 18.2 Å². The average Bonchev–Trinajstić information content (AvgIpc) is 3.07. The van der Waals surface area contributed by atoms with Crippen molar-refractivity contribution in [1.82, 2.24) is 15.5 Å². The summed E-state index contributed by atoms with van der Waals surface area (Å²) in [6, 6.07) is 5.51. The van der Waals surface area contributed by atoms with Crippen LogP contribution in [-0.4, -0.2) is 35.0 Å². The highest BCUT2D eigenvalue weighted by Crippen LogP contribution is 2.30. The smallest absolute Gasteiger partial charge is 0.244 e. The van der Waals surface area contributed by atoms with E-state index in [0.717, 1.165) is 15.8 Å². The lowest BCUT2D eigenvalue weighted by Gasteiger charge is -2.03.